The molecule has 0 N–H and O–H groups in total. The highest BCUT2D eigenvalue weighted by Crippen LogP contribution is 2.51. The van der Waals surface area contributed by atoms with Crippen molar-refractivity contribution >= 4 is 70.8 Å². The molecular formula is C40H34N2O14. The minimum absolute atomic E-state index is 0.0273. The molecule has 4 aliphatic heterocycles. The molecule has 4 saturated heterocycles. The molecule has 56 heavy (non-hydrogen) atoms. The lowest BCUT2D eigenvalue weighted by Crippen LogP contribution is -2.35. The van der Waals surface area contributed by atoms with Gasteiger partial charge < -0.3 is 18.9 Å². The number of carbonyl (C=O) groups is 10. The van der Waals surface area contributed by atoms with Crippen molar-refractivity contribution in [3.8, 4) is 11.5 Å². The highest BCUT2D eigenvalue weighted by molar-refractivity contribution is 6.26. The van der Waals surface area contributed by atoms with Gasteiger partial charge in [-0.25, -0.2) is 9.80 Å². The van der Waals surface area contributed by atoms with Gasteiger partial charge in [-0.3, -0.25) is 47.9 Å². The number of para-hydroxylation sites is 4. The Bertz CT molecular complexity index is 1990. The van der Waals surface area contributed by atoms with E-state index in [0.29, 0.717) is 0 Å². The van der Waals surface area contributed by atoms with E-state index in [0.717, 1.165) is 9.80 Å². The molecule has 16 nitrogen and oxygen atoms in total. The fourth-order valence-electron chi connectivity index (χ4n) is 9.85. The van der Waals surface area contributed by atoms with Crippen molar-refractivity contribution in [1.29, 1.82) is 0 Å². The summed E-state index contributed by atoms with van der Waals surface area (Å²) in [7, 11) is 0. The van der Waals surface area contributed by atoms with Crippen LogP contribution in [-0.4, -0.2) is 59.4 Å². The summed E-state index contributed by atoms with van der Waals surface area (Å²) in [5.41, 5.74) is 0.0546. The van der Waals surface area contributed by atoms with Gasteiger partial charge in [0.2, 0.25) is 23.6 Å². The topological polar surface area (TPSA) is 214 Å². The van der Waals surface area contributed by atoms with Crippen LogP contribution in [0.5, 0.6) is 11.5 Å². The van der Waals surface area contributed by atoms with Crippen LogP contribution in [0.15, 0.2) is 48.5 Å². The molecule has 3 saturated carbocycles. The third-order valence-electron chi connectivity index (χ3n) is 12.8. The molecule has 10 unspecified atom stereocenters. The number of amides is 4. The van der Waals surface area contributed by atoms with Gasteiger partial charge in [-0.05, 0) is 75.6 Å². The first-order valence-electron chi connectivity index (χ1n) is 18.8. The first kappa shape index (κ1) is 35.6. The van der Waals surface area contributed by atoms with Crippen LogP contribution in [0.2, 0.25) is 0 Å². The summed E-state index contributed by atoms with van der Waals surface area (Å²) in [6, 6.07) is 12.1. The van der Waals surface area contributed by atoms with Gasteiger partial charge in [-0.15, -0.1) is 0 Å². The van der Waals surface area contributed by atoms with E-state index in [1.165, 1.54) is 24.3 Å². The summed E-state index contributed by atoms with van der Waals surface area (Å²) in [5, 5.41) is 0. The Balaban J connectivity index is 0.895. The Kier molecular flexibility index (Phi) is 8.47. The number of rotatable bonds is 6. The number of cyclic esters (lactones) is 4. The Morgan fingerprint density at radius 1 is 0.446 bits per heavy atom. The molecule has 16 heteroatoms. The summed E-state index contributed by atoms with van der Waals surface area (Å²) in [6.07, 6.45) is 1.07. The average molecular weight is 767 g/mol. The zero-order chi connectivity index (χ0) is 39.2. The fraction of sp³-hybridized carbons (Fsp3) is 0.450. The standard InChI is InChI=1S/C40H34N2O14/c43-31-21-15-23-24(34(46)42(33(23)45)28-6-2-4-8-30(28)54-36(48)18-10-12-20-26(14-18)40(52)56-38(20)50)16-22(21)32(44)41(31)27-5-1-3-7-29(27)53-35(47)17-9-11-19-25(13-17)39(51)55-37(19)49/h1-8,17-26H,9-16H2. The molecule has 7 aliphatic rings. The summed E-state index contributed by atoms with van der Waals surface area (Å²) < 4.78 is 20.9. The number of imide groups is 2. The molecule has 2 aromatic carbocycles. The highest BCUT2D eigenvalue weighted by atomic mass is 16.6. The van der Waals surface area contributed by atoms with Gasteiger partial charge in [0, 0.05) is 0 Å². The summed E-state index contributed by atoms with van der Waals surface area (Å²) >= 11 is 0. The summed E-state index contributed by atoms with van der Waals surface area (Å²) in [6.45, 7) is 0. The molecule has 0 spiro atoms. The summed E-state index contributed by atoms with van der Waals surface area (Å²) in [5.74, 6) is -14.3. The number of fused-ring (bicyclic) bond motifs is 4. The molecule has 9 rings (SSSR count). The van der Waals surface area contributed by atoms with Crippen molar-refractivity contribution in [3.63, 3.8) is 0 Å². The van der Waals surface area contributed by atoms with Crippen molar-refractivity contribution in [2.45, 2.75) is 51.4 Å². The fourth-order valence-corrected chi connectivity index (χ4v) is 9.85. The van der Waals surface area contributed by atoms with E-state index < -0.39 is 119 Å². The van der Waals surface area contributed by atoms with Gasteiger partial charge >= 0.3 is 35.8 Å². The normalized spacial score (nSPS) is 33.4. The first-order chi connectivity index (χ1) is 26.9. The van der Waals surface area contributed by atoms with Gasteiger partial charge in [-0.2, -0.15) is 0 Å². The van der Waals surface area contributed by atoms with Crippen LogP contribution < -0.4 is 19.3 Å². The number of nitrogens with zero attached hydrogens (tertiary/aromatic N) is 2. The number of ether oxygens (including phenoxy) is 4. The van der Waals surface area contributed by atoms with E-state index >= 15 is 0 Å². The molecule has 4 amide bonds. The van der Waals surface area contributed by atoms with Crippen LogP contribution >= 0.6 is 0 Å². The number of hydrogen-bond donors (Lipinski definition) is 0. The maximum atomic E-state index is 14.0. The Labute approximate surface area is 317 Å². The molecule has 0 bridgehead atoms. The lowest BCUT2D eigenvalue weighted by Gasteiger charge is -2.28. The Hall–Kier alpha value is -6.06. The van der Waals surface area contributed by atoms with Crippen molar-refractivity contribution in [1.82, 2.24) is 0 Å². The number of esters is 6. The van der Waals surface area contributed by atoms with Crippen molar-refractivity contribution in [2.24, 2.45) is 59.2 Å². The van der Waals surface area contributed by atoms with Crippen LogP contribution in [-0.2, 0) is 57.4 Å². The van der Waals surface area contributed by atoms with Crippen LogP contribution in [0.1, 0.15) is 51.4 Å². The quantitative estimate of drug-likeness (QED) is 0.179. The largest absolute Gasteiger partial charge is 0.424 e. The van der Waals surface area contributed by atoms with Gasteiger partial charge in [-0.1, -0.05) is 24.3 Å². The maximum absolute atomic E-state index is 14.0. The van der Waals surface area contributed by atoms with Gasteiger partial charge in [0.05, 0.1) is 70.6 Å². The maximum Gasteiger partial charge on any atom is 0.317 e. The molecule has 2 aromatic rings. The first-order valence-corrected chi connectivity index (χ1v) is 18.8. The predicted molar refractivity (Wildman–Crippen MR) is 183 cm³/mol. The van der Waals surface area contributed by atoms with Crippen LogP contribution in [0.25, 0.3) is 0 Å². The second-order valence-electron chi connectivity index (χ2n) is 15.6. The molecule has 0 radical (unpaired) electrons. The average Bonchev–Trinajstić information content (AvgIpc) is 3.82. The van der Waals surface area contributed by atoms with E-state index in [9.17, 15) is 47.9 Å². The third kappa shape index (κ3) is 5.55. The lowest BCUT2D eigenvalue weighted by molar-refractivity contribution is -0.155. The minimum Gasteiger partial charge on any atom is -0.424 e. The van der Waals surface area contributed by atoms with Crippen molar-refractivity contribution in [2.75, 3.05) is 9.80 Å². The Morgan fingerprint density at radius 2 is 0.786 bits per heavy atom. The molecule has 7 fully saturated rings. The monoisotopic (exact) mass is 766 g/mol. The number of hydrogen-bond acceptors (Lipinski definition) is 14. The lowest BCUT2D eigenvalue weighted by atomic mass is 9.70. The van der Waals surface area contributed by atoms with Crippen LogP contribution in [0.3, 0.4) is 0 Å². The molecule has 3 aliphatic carbocycles. The number of benzene rings is 2. The van der Waals surface area contributed by atoms with E-state index in [2.05, 4.69) is 0 Å². The predicted octanol–water partition coefficient (Wildman–Crippen LogP) is 2.43. The Morgan fingerprint density at radius 3 is 1.16 bits per heavy atom. The molecule has 10 atom stereocenters. The van der Waals surface area contributed by atoms with E-state index in [4.69, 9.17) is 18.9 Å². The minimum atomic E-state index is -0.942. The van der Waals surface area contributed by atoms with E-state index in [1.54, 1.807) is 24.3 Å². The van der Waals surface area contributed by atoms with Gasteiger partial charge in [0.15, 0.2) is 11.5 Å². The zero-order valence-electron chi connectivity index (χ0n) is 29.7. The smallest absolute Gasteiger partial charge is 0.317 e. The van der Waals surface area contributed by atoms with E-state index in [-0.39, 0.29) is 74.2 Å². The molecule has 288 valence electrons. The molecule has 4 heterocycles. The summed E-state index contributed by atoms with van der Waals surface area (Å²) in [4.78, 5) is 133. The van der Waals surface area contributed by atoms with Crippen LogP contribution in [0.4, 0.5) is 11.4 Å². The molecule has 0 aromatic heterocycles. The zero-order valence-corrected chi connectivity index (χ0v) is 29.7. The second kappa shape index (κ2) is 13.3. The van der Waals surface area contributed by atoms with Gasteiger partial charge in [0.1, 0.15) is 0 Å². The number of anilines is 2. The third-order valence-corrected chi connectivity index (χ3v) is 12.8. The highest BCUT2D eigenvalue weighted by Gasteiger charge is 2.61. The number of carbonyl (C=O) groups excluding carboxylic acids is 10. The van der Waals surface area contributed by atoms with Gasteiger partial charge in [0.25, 0.3) is 0 Å². The van der Waals surface area contributed by atoms with Crippen molar-refractivity contribution < 1.29 is 66.9 Å². The van der Waals surface area contributed by atoms with E-state index in [1.807, 2.05) is 0 Å². The van der Waals surface area contributed by atoms with Crippen LogP contribution in [0, 0.1) is 59.2 Å². The van der Waals surface area contributed by atoms with Crippen molar-refractivity contribution in [3.05, 3.63) is 48.5 Å². The second-order valence-corrected chi connectivity index (χ2v) is 15.6. The SMILES string of the molecule is O=C(Oc1ccccc1N1C(=O)C2CC3C(=O)N(c4ccccc4OC(=O)C4CCC5C(=O)OC(=O)C5C4)C(=O)C3CC2C1=O)C1CCC2C(=O)OC(=O)C2C1. The molecular weight excluding hydrogens is 732 g/mol.